The van der Waals surface area contributed by atoms with Gasteiger partial charge < -0.3 is 10.4 Å². The average Bonchev–Trinajstić information content (AvgIpc) is 2.41. The van der Waals surface area contributed by atoms with Gasteiger partial charge in [-0.2, -0.15) is 0 Å². The summed E-state index contributed by atoms with van der Waals surface area (Å²) in [6.07, 6.45) is 4.34. The van der Waals surface area contributed by atoms with Gasteiger partial charge in [-0.25, -0.2) is 4.39 Å². The largest absolute Gasteiger partial charge is 0.481 e. The molecule has 1 aliphatic rings. The van der Waals surface area contributed by atoms with Gasteiger partial charge in [0.15, 0.2) is 0 Å². The van der Waals surface area contributed by atoms with Crippen LogP contribution in [-0.4, -0.2) is 23.2 Å². The Morgan fingerprint density at radius 1 is 1.40 bits per heavy atom. The number of benzene rings is 1. The van der Waals surface area contributed by atoms with Crippen LogP contribution in [-0.2, 0) is 11.2 Å². The first-order valence-corrected chi connectivity index (χ1v) is 7.28. The van der Waals surface area contributed by atoms with Crippen molar-refractivity contribution in [1.29, 1.82) is 0 Å². The van der Waals surface area contributed by atoms with Crippen molar-refractivity contribution in [3.63, 3.8) is 0 Å². The fourth-order valence-corrected chi connectivity index (χ4v) is 3.00. The van der Waals surface area contributed by atoms with Crippen molar-refractivity contribution in [2.75, 3.05) is 0 Å². The van der Waals surface area contributed by atoms with Crippen LogP contribution in [0.25, 0.3) is 0 Å². The highest BCUT2D eigenvalue weighted by molar-refractivity contribution is 5.70. The van der Waals surface area contributed by atoms with E-state index in [0.29, 0.717) is 6.42 Å². The van der Waals surface area contributed by atoms with Gasteiger partial charge in [-0.1, -0.05) is 18.6 Å². The molecule has 0 saturated heterocycles. The molecule has 0 bridgehead atoms. The van der Waals surface area contributed by atoms with Crippen molar-refractivity contribution < 1.29 is 14.3 Å². The maximum Gasteiger partial charge on any atom is 0.306 e. The third-order valence-electron chi connectivity index (χ3n) is 4.00. The smallest absolute Gasteiger partial charge is 0.306 e. The summed E-state index contributed by atoms with van der Waals surface area (Å²) in [5, 5.41) is 12.6. The highest BCUT2D eigenvalue weighted by atomic mass is 19.1. The van der Waals surface area contributed by atoms with Crippen molar-refractivity contribution in [3.05, 3.63) is 35.6 Å². The predicted octanol–water partition coefficient (Wildman–Crippen LogP) is 2.99. The number of aliphatic carboxylic acids is 1. The van der Waals surface area contributed by atoms with E-state index in [2.05, 4.69) is 12.2 Å². The minimum absolute atomic E-state index is 0.209. The number of carbonyl (C=O) groups is 1. The highest BCUT2D eigenvalue weighted by Gasteiger charge is 2.27. The van der Waals surface area contributed by atoms with Crippen molar-refractivity contribution in [2.45, 2.75) is 51.1 Å². The Bertz CT molecular complexity index is 446. The summed E-state index contributed by atoms with van der Waals surface area (Å²) < 4.78 is 12.8. The number of hydrogen-bond acceptors (Lipinski definition) is 2. The molecule has 0 amide bonds. The lowest BCUT2D eigenvalue weighted by atomic mass is 9.85. The lowest BCUT2D eigenvalue weighted by molar-refractivity contribution is -0.143. The molecule has 0 heterocycles. The molecule has 20 heavy (non-hydrogen) atoms. The molecular weight excluding hydrogens is 257 g/mol. The third-order valence-corrected chi connectivity index (χ3v) is 4.00. The van der Waals surface area contributed by atoms with Gasteiger partial charge in [0.05, 0.1) is 5.92 Å². The molecule has 4 heteroatoms. The van der Waals surface area contributed by atoms with Crippen molar-refractivity contribution in [2.24, 2.45) is 5.92 Å². The molecule has 2 rings (SSSR count). The van der Waals surface area contributed by atoms with Gasteiger partial charge in [0.2, 0.25) is 0 Å². The Morgan fingerprint density at radius 2 is 2.10 bits per heavy atom. The van der Waals surface area contributed by atoms with E-state index < -0.39 is 5.97 Å². The first kappa shape index (κ1) is 15.0. The Labute approximate surface area is 119 Å². The number of halogens is 1. The van der Waals surface area contributed by atoms with Gasteiger partial charge in [-0.15, -0.1) is 0 Å². The second-order valence-corrected chi connectivity index (χ2v) is 5.80. The molecular formula is C16H22FNO2. The summed E-state index contributed by atoms with van der Waals surface area (Å²) >= 11 is 0. The zero-order valence-corrected chi connectivity index (χ0v) is 11.8. The maximum absolute atomic E-state index is 12.8. The molecule has 1 saturated carbocycles. The summed E-state index contributed by atoms with van der Waals surface area (Å²) in [5.41, 5.74) is 1.09. The fourth-order valence-electron chi connectivity index (χ4n) is 3.00. The first-order chi connectivity index (χ1) is 9.54. The van der Waals surface area contributed by atoms with Gasteiger partial charge in [-0.3, -0.25) is 4.79 Å². The first-order valence-electron chi connectivity index (χ1n) is 7.28. The van der Waals surface area contributed by atoms with Crippen molar-refractivity contribution >= 4 is 5.97 Å². The molecule has 3 unspecified atom stereocenters. The minimum atomic E-state index is -0.678. The van der Waals surface area contributed by atoms with E-state index >= 15 is 0 Å². The number of hydrogen-bond donors (Lipinski definition) is 2. The second-order valence-electron chi connectivity index (χ2n) is 5.80. The van der Waals surface area contributed by atoms with E-state index in [1.54, 1.807) is 12.1 Å². The minimum Gasteiger partial charge on any atom is -0.481 e. The van der Waals surface area contributed by atoms with E-state index in [-0.39, 0.29) is 23.8 Å². The van der Waals surface area contributed by atoms with Crippen molar-refractivity contribution in [1.82, 2.24) is 5.32 Å². The van der Waals surface area contributed by atoms with Crippen LogP contribution in [0, 0.1) is 11.7 Å². The molecule has 0 radical (unpaired) electrons. The zero-order chi connectivity index (χ0) is 14.5. The number of rotatable bonds is 5. The van der Waals surface area contributed by atoms with Crippen LogP contribution in [0.3, 0.4) is 0 Å². The molecule has 0 spiro atoms. The van der Waals surface area contributed by atoms with E-state index in [9.17, 15) is 9.18 Å². The standard InChI is InChI=1S/C16H22FNO2/c1-11(9-12-5-7-14(17)8-6-12)18-15-4-2-3-13(10-15)16(19)20/h5-8,11,13,15,18H,2-4,9-10H2,1H3,(H,19,20). The highest BCUT2D eigenvalue weighted by Crippen LogP contribution is 2.25. The van der Waals surface area contributed by atoms with Crippen LogP contribution in [0.1, 0.15) is 38.2 Å². The number of nitrogens with one attached hydrogen (secondary N) is 1. The molecule has 1 aromatic carbocycles. The molecule has 2 N–H and O–H groups in total. The summed E-state index contributed by atoms with van der Waals surface area (Å²) in [5.74, 6) is -1.10. The maximum atomic E-state index is 12.8. The van der Waals surface area contributed by atoms with Crippen LogP contribution in [0.5, 0.6) is 0 Å². The Balaban J connectivity index is 1.83. The quantitative estimate of drug-likeness (QED) is 0.871. The molecule has 110 valence electrons. The molecule has 0 aliphatic heterocycles. The molecule has 3 atom stereocenters. The van der Waals surface area contributed by atoms with Gasteiger partial charge in [0.1, 0.15) is 5.82 Å². The third kappa shape index (κ3) is 4.30. The van der Waals surface area contributed by atoms with E-state index in [1.807, 2.05) is 0 Å². The topological polar surface area (TPSA) is 49.3 Å². The van der Waals surface area contributed by atoms with Crippen LogP contribution in [0.4, 0.5) is 4.39 Å². The Morgan fingerprint density at radius 3 is 2.75 bits per heavy atom. The van der Waals surface area contributed by atoms with Gasteiger partial charge in [-0.05, 0) is 50.3 Å². The van der Waals surface area contributed by atoms with Gasteiger partial charge in [0.25, 0.3) is 0 Å². The average molecular weight is 279 g/mol. The SMILES string of the molecule is CC(Cc1ccc(F)cc1)NC1CCCC(C(=O)O)C1. The molecule has 0 aromatic heterocycles. The predicted molar refractivity (Wildman–Crippen MR) is 76.1 cm³/mol. The normalized spacial score (nSPS) is 24.3. The van der Waals surface area contributed by atoms with Crippen LogP contribution in [0.2, 0.25) is 0 Å². The second kappa shape index (κ2) is 6.84. The van der Waals surface area contributed by atoms with E-state index in [0.717, 1.165) is 31.2 Å². The Hall–Kier alpha value is -1.42. The summed E-state index contributed by atoms with van der Waals surface area (Å²) in [4.78, 5) is 11.0. The van der Waals surface area contributed by atoms with E-state index in [1.165, 1.54) is 12.1 Å². The monoisotopic (exact) mass is 279 g/mol. The number of carboxylic acids is 1. The molecule has 1 aliphatic carbocycles. The Kier molecular flexibility index (Phi) is 5.12. The molecule has 3 nitrogen and oxygen atoms in total. The number of carboxylic acid groups (broad SMARTS) is 1. The lowest BCUT2D eigenvalue weighted by Gasteiger charge is -2.30. The summed E-state index contributed by atoms with van der Waals surface area (Å²) in [6.45, 7) is 2.09. The van der Waals surface area contributed by atoms with Crippen LogP contribution >= 0.6 is 0 Å². The van der Waals surface area contributed by atoms with Gasteiger partial charge in [0, 0.05) is 12.1 Å². The molecule has 1 fully saturated rings. The fraction of sp³-hybridized carbons (Fsp3) is 0.562. The van der Waals surface area contributed by atoms with Crippen molar-refractivity contribution in [3.8, 4) is 0 Å². The van der Waals surface area contributed by atoms with Crippen LogP contribution in [0.15, 0.2) is 24.3 Å². The van der Waals surface area contributed by atoms with Gasteiger partial charge >= 0.3 is 5.97 Å². The van der Waals surface area contributed by atoms with E-state index in [4.69, 9.17) is 5.11 Å². The summed E-state index contributed by atoms with van der Waals surface area (Å²) in [7, 11) is 0. The molecule has 1 aromatic rings. The lowest BCUT2D eigenvalue weighted by Crippen LogP contribution is -2.42. The zero-order valence-electron chi connectivity index (χ0n) is 11.8. The summed E-state index contributed by atoms with van der Waals surface area (Å²) in [6, 6.07) is 7.09. The van der Waals surface area contributed by atoms with Crippen LogP contribution < -0.4 is 5.32 Å².